The molecule has 0 aliphatic heterocycles. The van der Waals surface area contributed by atoms with Crippen molar-refractivity contribution >= 4 is 8.80 Å². The molecule has 4 atom stereocenters. The van der Waals surface area contributed by atoms with E-state index in [2.05, 4.69) is 41.5 Å². The van der Waals surface area contributed by atoms with Gasteiger partial charge in [0, 0.05) is 8.80 Å². The molecule has 0 radical (unpaired) electrons. The van der Waals surface area contributed by atoms with E-state index in [1.165, 1.54) is 12.1 Å². The van der Waals surface area contributed by atoms with Crippen LogP contribution in [0.4, 0.5) is 0 Å². The van der Waals surface area contributed by atoms with Crippen molar-refractivity contribution in [3.63, 3.8) is 0 Å². The van der Waals surface area contributed by atoms with Crippen LogP contribution in [0.25, 0.3) is 0 Å². The van der Waals surface area contributed by atoms with E-state index in [0.717, 1.165) is 29.2 Å². The van der Waals surface area contributed by atoms with Gasteiger partial charge in [-0.25, -0.2) is 0 Å². The molecule has 0 aromatic rings. The predicted octanol–water partition coefficient (Wildman–Crippen LogP) is 4.18. The third-order valence-corrected chi connectivity index (χ3v) is 9.70. The van der Waals surface area contributed by atoms with Crippen LogP contribution in [0.5, 0.6) is 0 Å². The highest BCUT2D eigenvalue weighted by atomic mass is 28.3. The minimum Gasteiger partial charge on any atom is -0.0680 e. The molecule has 4 unspecified atom stereocenters. The molecule has 84 valence electrons. The largest absolute Gasteiger partial charge is 0.0680 e. The SMILES string of the molecule is CC[SiH](CC)C1C(C)C(C)C(C)C1C. The van der Waals surface area contributed by atoms with Gasteiger partial charge in [-0.05, 0) is 29.2 Å². The molecule has 0 heterocycles. The van der Waals surface area contributed by atoms with Gasteiger partial charge in [-0.2, -0.15) is 0 Å². The van der Waals surface area contributed by atoms with Gasteiger partial charge < -0.3 is 0 Å². The smallest absolute Gasteiger partial charge is 0.0399 e. The highest BCUT2D eigenvalue weighted by molar-refractivity contribution is 6.60. The molecule has 0 amide bonds. The van der Waals surface area contributed by atoms with Crippen LogP contribution in [0.2, 0.25) is 17.6 Å². The van der Waals surface area contributed by atoms with Crippen LogP contribution in [-0.2, 0) is 0 Å². The van der Waals surface area contributed by atoms with Gasteiger partial charge in [0.1, 0.15) is 0 Å². The summed E-state index contributed by atoms with van der Waals surface area (Å²) in [7, 11) is -0.437. The topological polar surface area (TPSA) is 0 Å². The van der Waals surface area contributed by atoms with E-state index in [4.69, 9.17) is 0 Å². The van der Waals surface area contributed by atoms with Crippen LogP contribution in [0.3, 0.4) is 0 Å². The Morgan fingerprint density at radius 1 is 0.714 bits per heavy atom. The van der Waals surface area contributed by atoms with E-state index >= 15 is 0 Å². The monoisotopic (exact) mass is 212 g/mol. The Labute approximate surface area is 92.1 Å². The van der Waals surface area contributed by atoms with Crippen molar-refractivity contribution < 1.29 is 0 Å². The lowest BCUT2D eigenvalue weighted by molar-refractivity contribution is 0.352. The molecule has 0 nitrogen and oxygen atoms in total. The quantitative estimate of drug-likeness (QED) is 0.616. The molecule has 1 heteroatoms. The van der Waals surface area contributed by atoms with Crippen LogP contribution in [-0.4, -0.2) is 8.80 Å². The summed E-state index contributed by atoms with van der Waals surface area (Å²) >= 11 is 0. The molecule has 0 N–H and O–H groups in total. The molecular formula is C13H28Si. The fraction of sp³-hybridized carbons (Fsp3) is 1.00. The summed E-state index contributed by atoms with van der Waals surface area (Å²) < 4.78 is 0. The Kier molecular flexibility index (Phi) is 4.24. The fourth-order valence-corrected chi connectivity index (χ4v) is 7.91. The summed E-state index contributed by atoms with van der Waals surface area (Å²) in [6.45, 7) is 14.8. The van der Waals surface area contributed by atoms with Gasteiger partial charge >= 0.3 is 0 Å². The maximum atomic E-state index is 2.51. The minimum absolute atomic E-state index is 0.437. The Morgan fingerprint density at radius 3 is 1.36 bits per heavy atom. The zero-order valence-electron chi connectivity index (χ0n) is 10.9. The van der Waals surface area contributed by atoms with Crippen molar-refractivity contribution in [2.24, 2.45) is 23.7 Å². The highest BCUT2D eigenvalue weighted by Gasteiger charge is 2.44. The Morgan fingerprint density at radius 2 is 1.07 bits per heavy atom. The molecule has 0 aromatic heterocycles. The van der Waals surface area contributed by atoms with E-state index < -0.39 is 8.80 Å². The van der Waals surface area contributed by atoms with Gasteiger partial charge in [0.25, 0.3) is 0 Å². The van der Waals surface area contributed by atoms with Gasteiger partial charge in [-0.15, -0.1) is 0 Å². The molecule has 1 saturated carbocycles. The standard InChI is InChI=1S/C13H28Si/c1-7-14(8-2)13-11(5)9(3)10(4)12(13)6/h9-14H,7-8H2,1-6H3. The molecule has 1 rings (SSSR count). The average Bonchev–Trinajstić information content (AvgIpc) is 2.37. The van der Waals surface area contributed by atoms with Gasteiger partial charge in [0.05, 0.1) is 0 Å². The van der Waals surface area contributed by atoms with Gasteiger partial charge in [-0.3, -0.25) is 0 Å². The van der Waals surface area contributed by atoms with Crippen molar-refractivity contribution in [2.45, 2.75) is 59.2 Å². The molecule has 0 spiro atoms. The number of rotatable bonds is 3. The van der Waals surface area contributed by atoms with Crippen molar-refractivity contribution in [1.82, 2.24) is 0 Å². The van der Waals surface area contributed by atoms with E-state index in [9.17, 15) is 0 Å². The molecule has 1 aliphatic rings. The van der Waals surface area contributed by atoms with E-state index in [-0.39, 0.29) is 0 Å². The number of hydrogen-bond acceptors (Lipinski definition) is 0. The maximum Gasteiger partial charge on any atom is 0.0399 e. The van der Waals surface area contributed by atoms with E-state index in [1.807, 2.05) is 0 Å². The van der Waals surface area contributed by atoms with Crippen LogP contribution < -0.4 is 0 Å². The summed E-state index contributed by atoms with van der Waals surface area (Å²) in [4.78, 5) is 0. The second kappa shape index (κ2) is 4.83. The first-order valence-electron chi connectivity index (χ1n) is 6.54. The third kappa shape index (κ3) is 1.93. The third-order valence-electron chi connectivity index (χ3n) is 5.30. The first-order valence-corrected chi connectivity index (χ1v) is 8.84. The summed E-state index contributed by atoms with van der Waals surface area (Å²) in [5, 5.41) is 0. The lowest BCUT2D eigenvalue weighted by Crippen LogP contribution is -2.25. The molecular weight excluding hydrogens is 184 g/mol. The van der Waals surface area contributed by atoms with Gasteiger partial charge in [0.15, 0.2) is 0 Å². The van der Waals surface area contributed by atoms with Gasteiger partial charge in [-0.1, -0.05) is 53.6 Å². The summed E-state index contributed by atoms with van der Waals surface area (Å²) in [5.74, 6) is 3.92. The molecule has 0 saturated heterocycles. The lowest BCUT2D eigenvalue weighted by Gasteiger charge is -2.28. The minimum atomic E-state index is -0.437. The second-order valence-electron chi connectivity index (χ2n) is 5.59. The summed E-state index contributed by atoms with van der Waals surface area (Å²) in [6, 6.07) is 3.02. The van der Waals surface area contributed by atoms with Gasteiger partial charge in [0.2, 0.25) is 0 Å². The van der Waals surface area contributed by atoms with E-state index in [0.29, 0.717) is 0 Å². The molecule has 0 bridgehead atoms. The Bertz CT molecular complexity index is 157. The highest BCUT2D eigenvalue weighted by Crippen LogP contribution is 2.51. The zero-order valence-corrected chi connectivity index (χ0v) is 12.0. The first-order chi connectivity index (χ1) is 6.54. The summed E-state index contributed by atoms with van der Waals surface area (Å²) in [5.41, 5.74) is 1.12. The van der Waals surface area contributed by atoms with E-state index in [1.54, 1.807) is 0 Å². The number of hydrogen-bond donors (Lipinski definition) is 0. The summed E-state index contributed by atoms with van der Waals surface area (Å²) in [6.07, 6.45) is 0. The molecule has 1 fully saturated rings. The van der Waals surface area contributed by atoms with Crippen molar-refractivity contribution in [2.75, 3.05) is 0 Å². The normalized spacial score (nSPS) is 43.5. The molecule has 1 aliphatic carbocycles. The van der Waals surface area contributed by atoms with Crippen LogP contribution in [0.1, 0.15) is 41.5 Å². The zero-order chi connectivity index (χ0) is 10.9. The fourth-order valence-electron chi connectivity index (χ4n) is 3.83. The van der Waals surface area contributed by atoms with Crippen LogP contribution in [0.15, 0.2) is 0 Å². The Balaban J connectivity index is 2.77. The first kappa shape index (κ1) is 12.3. The van der Waals surface area contributed by atoms with Crippen molar-refractivity contribution in [3.8, 4) is 0 Å². The lowest BCUT2D eigenvalue weighted by atomic mass is 9.92. The maximum absolute atomic E-state index is 2.51. The molecule has 0 aromatic carbocycles. The second-order valence-corrected chi connectivity index (χ2v) is 9.51. The Hall–Kier alpha value is 0.217. The van der Waals surface area contributed by atoms with Crippen LogP contribution >= 0.6 is 0 Å². The van der Waals surface area contributed by atoms with Crippen molar-refractivity contribution in [3.05, 3.63) is 0 Å². The van der Waals surface area contributed by atoms with Crippen LogP contribution in [0, 0.1) is 23.7 Å². The van der Waals surface area contributed by atoms with Crippen molar-refractivity contribution in [1.29, 1.82) is 0 Å². The molecule has 14 heavy (non-hydrogen) atoms. The predicted molar refractivity (Wildman–Crippen MR) is 68.5 cm³/mol. The average molecular weight is 212 g/mol.